The number of anilines is 2. The number of methoxy groups -OCH3 is 1. The van der Waals surface area contributed by atoms with Crippen LogP contribution in [0.4, 0.5) is 11.4 Å². The van der Waals surface area contributed by atoms with Gasteiger partial charge in [0.25, 0.3) is 0 Å². The van der Waals surface area contributed by atoms with Gasteiger partial charge in [-0.3, -0.25) is 9.71 Å². The van der Waals surface area contributed by atoms with Crippen molar-refractivity contribution < 1.29 is 18.5 Å². The van der Waals surface area contributed by atoms with Gasteiger partial charge in [0.05, 0.1) is 30.2 Å². The summed E-state index contributed by atoms with van der Waals surface area (Å²) in [6.45, 7) is 2.68. The third kappa shape index (κ3) is 5.76. The van der Waals surface area contributed by atoms with Crippen LogP contribution in [0.2, 0.25) is 0 Å². The summed E-state index contributed by atoms with van der Waals surface area (Å²) in [7, 11) is -2.37. The van der Waals surface area contributed by atoms with Crippen molar-refractivity contribution in [1.82, 2.24) is 4.98 Å². The van der Waals surface area contributed by atoms with E-state index >= 15 is 0 Å². The number of unbranched alkanes of at least 4 members (excludes halogenated alkanes) is 1. The number of nitrogens with one attached hydrogen (secondary N) is 3. The van der Waals surface area contributed by atoms with Crippen LogP contribution in [-0.2, 0) is 14.7 Å². The molecule has 0 saturated carbocycles. The molecule has 0 fully saturated rings. The molecule has 0 spiro atoms. The average molecular weight is 455 g/mol. The maximum atomic E-state index is 13.6. The van der Waals surface area contributed by atoms with E-state index in [1.165, 1.54) is 19.4 Å². The Balaban J connectivity index is 2.15. The van der Waals surface area contributed by atoms with Crippen molar-refractivity contribution in [2.75, 3.05) is 23.7 Å². The van der Waals surface area contributed by atoms with E-state index in [1.807, 2.05) is 18.2 Å². The van der Waals surface area contributed by atoms with Crippen LogP contribution in [0.1, 0.15) is 30.1 Å². The standard InChI is InChI=1S/C23H26N4O4S/c1-3-4-13-26-20-14-17(23(28)30-2)15-21(22(20)31-19-10-6-5-7-11-19)32(24,29)27-18-9-8-12-25-16-18/h5-12,14-16,26H,3-4,13H2,1-2H3,(H2,24,27,29). The molecule has 0 aliphatic carbocycles. The summed E-state index contributed by atoms with van der Waals surface area (Å²) in [5, 5.41) is 3.25. The fraction of sp³-hybridized carbons (Fsp3) is 0.217. The van der Waals surface area contributed by atoms with Gasteiger partial charge in [-0.1, -0.05) is 31.5 Å². The van der Waals surface area contributed by atoms with Crippen LogP contribution in [-0.4, -0.2) is 28.8 Å². The van der Waals surface area contributed by atoms with Crippen LogP contribution in [0.15, 0.2) is 71.9 Å². The van der Waals surface area contributed by atoms with Crippen molar-refractivity contribution >= 4 is 27.3 Å². The molecule has 0 aliphatic rings. The number of nitrogens with zero attached hydrogens (tertiary/aromatic N) is 1. The van der Waals surface area contributed by atoms with E-state index in [2.05, 4.69) is 21.9 Å². The number of ether oxygens (including phenoxy) is 2. The first-order chi connectivity index (χ1) is 15.4. The highest BCUT2D eigenvalue weighted by Crippen LogP contribution is 2.38. The first-order valence-corrected chi connectivity index (χ1v) is 11.7. The minimum Gasteiger partial charge on any atom is -0.465 e. The Morgan fingerprint density at radius 3 is 2.59 bits per heavy atom. The van der Waals surface area contributed by atoms with Crippen LogP contribution in [0.25, 0.3) is 0 Å². The molecule has 168 valence electrons. The number of carbonyl (C=O) groups is 1. The highest BCUT2D eigenvalue weighted by molar-refractivity contribution is 7.93. The maximum absolute atomic E-state index is 13.6. The summed E-state index contributed by atoms with van der Waals surface area (Å²) >= 11 is 0. The Kier molecular flexibility index (Phi) is 7.67. The minimum atomic E-state index is -3.64. The van der Waals surface area contributed by atoms with Crippen molar-refractivity contribution in [3.63, 3.8) is 0 Å². The summed E-state index contributed by atoms with van der Waals surface area (Å²) in [5.41, 5.74) is 1.02. The van der Waals surface area contributed by atoms with E-state index in [0.29, 0.717) is 23.7 Å². The number of rotatable bonds is 10. The summed E-state index contributed by atoms with van der Waals surface area (Å²) in [6, 6.07) is 15.3. The minimum absolute atomic E-state index is 0.0205. The molecule has 3 N–H and O–H groups in total. The van der Waals surface area contributed by atoms with E-state index < -0.39 is 15.9 Å². The number of hydrogen-bond donors (Lipinski definition) is 3. The van der Waals surface area contributed by atoms with Crippen LogP contribution < -0.4 is 14.8 Å². The summed E-state index contributed by atoms with van der Waals surface area (Å²) in [5.74, 6) is 0.110. The summed E-state index contributed by atoms with van der Waals surface area (Å²) < 4.78 is 35.9. The monoisotopic (exact) mass is 454 g/mol. The predicted octanol–water partition coefficient (Wildman–Crippen LogP) is 5.31. The molecule has 3 aromatic rings. The molecule has 1 aromatic heterocycles. The average Bonchev–Trinajstić information content (AvgIpc) is 2.80. The molecule has 0 bridgehead atoms. The number of esters is 1. The van der Waals surface area contributed by atoms with Gasteiger partial charge in [-0.2, -0.15) is 0 Å². The smallest absolute Gasteiger partial charge is 0.337 e. The molecule has 1 atom stereocenters. The zero-order valence-corrected chi connectivity index (χ0v) is 18.8. The molecular formula is C23H26N4O4S. The Labute approximate surface area is 188 Å². The van der Waals surface area contributed by atoms with Crippen molar-refractivity contribution in [3.05, 3.63) is 72.6 Å². The Bertz CT molecular complexity index is 1150. The van der Waals surface area contributed by atoms with Crippen LogP contribution in [0, 0.1) is 4.78 Å². The highest BCUT2D eigenvalue weighted by Gasteiger charge is 2.24. The molecule has 8 nitrogen and oxygen atoms in total. The quantitative estimate of drug-likeness (QED) is 0.283. The zero-order valence-electron chi connectivity index (χ0n) is 18.0. The van der Waals surface area contributed by atoms with Crippen LogP contribution >= 0.6 is 0 Å². The van der Waals surface area contributed by atoms with E-state index in [4.69, 9.17) is 14.3 Å². The summed E-state index contributed by atoms with van der Waals surface area (Å²) in [4.78, 5) is 16.3. The lowest BCUT2D eigenvalue weighted by molar-refractivity contribution is 0.0600. The van der Waals surface area contributed by atoms with E-state index in [-0.39, 0.29) is 16.2 Å². The van der Waals surface area contributed by atoms with Crippen molar-refractivity contribution in [2.45, 2.75) is 24.7 Å². The predicted molar refractivity (Wildman–Crippen MR) is 125 cm³/mol. The molecule has 3 rings (SSSR count). The van der Waals surface area contributed by atoms with Gasteiger partial charge in [-0.05, 0) is 42.8 Å². The maximum Gasteiger partial charge on any atom is 0.337 e. The molecule has 2 aromatic carbocycles. The Hall–Kier alpha value is -3.59. The number of hydrogen-bond acceptors (Lipinski definition) is 7. The molecule has 0 saturated heterocycles. The van der Waals surface area contributed by atoms with Gasteiger partial charge in [-0.25, -0.2) is 13.8 Å². The van der Waals surface area contributed by atoms with Gasteiger partial charge < -0.3 is 14.8 Å². The first kappa shape index (κ1) is 23.1. The highest BCUT2D eigenvalue weighted by atomic mass is 32.2. The van der Waals surface area contributed by atoms with Crippen molar-refractivity contribution in [1.29, 1.82) is 4.78 Å². The normalized spacial score (nSPS) is 12.4. The lowest BCUT2D eigenvalue weighted by Gasteiger charge is -2.20. The third-order valence-corrected chi connectivity index (χ3v) is 5.96. The number of aromatic nitrogens is 1. The number of carbonyl (C=O) groups excluding carboxylic acids is 1. The molecular weight excluding hydrogens is 428 g/mol. The lowest BCUT2D eigenvalue weighted by atomic mass is 10.1. The van der Waals surface area contributed by atoms with Gasteiger partial charge in [0.2, 0.25) is 0 Å². The second kappa shape index (κ2) is 10.6. The van der Waals surface area contributed by atoms with Crippen LogP contribution in [0.3, 0.4) is 0 Å². The number of benzene rings is 2. The lowest BCUT2D eigenvalue weighted by Crippen LogP contribution is -2.16. The largest absolute Gasteiger partial charge is 0.465 e. The fourth-order valence-electron chi connectivity index (χ4n) is 2.94. The van der Waals surface area contributed by atoms with Gasteiger partial charge in [-0.15, -0.1) is 0 Å². The molecule has 0 aliphatic heterocycles. The van der Waals surface area contributed by atoms with Crippen LogP contribution in [0.5, 0.6) is 11.5 Å². The number of pyridine rings is 1. The second-order valence-corrected chi connectivity index (χ2v) is 8.69. The van der Waals surface area contributed by atoms with E-state index in [0.717, 1.165) is 12.8 Å². The second-order valence-electron chi connectivity index (χ2n) is 6.94. The fourth-order valence-corrected chi connectivity index (χ4v) is 4.21. The van der Waals surface area contributed by atoms with Crippen molar-refractivity contribution in [2.24, 2.45) is 0 Å². The molecule has 9 heteroatoms. The molecule has 0 amide bonds. The van der Waals surface area contributed by atoms with Gasteiger partial charge in [0.1, 0.15) is 10.6 Å². The zero-order chi connectivity index (χ0) is 23.0. The van der Waals surface area contributed by atoms with Gasteiger partial charge in [0, 0.05) is 12.7 Å². The SMILES string of the molecule is CCCCNc1cc(C(=O)OC)cc(S(=N)(=O)Nc2cccnc2)c1Oc1ccccc1. The Morgan fingerprint density at radius 2 is 1.94 bits per heavy atom. The molecule has 1 heterocycles. The number of para-hydroxylation sites is 1. The third-order valence-electron chi connectivity index (χ3n) is 4.52. The summed E-state index contributed by atoms with van der Waals surface area (Å²) in [6.07, 6.45) is 4.89. The Morgan fingerprint density at radius 1 is 1.16 bits per heavy atom. The van der Waals surface area contributed by atoms with E-state index in [1.54, 1.807) is 36.5 Å². The first-order valence-electron chi connectivity index (χ1n) is 10.1. The molecule has 0 radical (unpaired) electrons. The van der Waals surface area contributed by atoms with Crippen molar-refractivity contribution in [3.8, 4) is 11.5 Å². The van der Waals surface area contributed by atoms with Gasteiger partial charge >= 0.3 is 5.97 Å². The van der Waals surface area contributed by atoms with E-state index in [9.17, 15) is 9.00 Å². The molecule has 32 heavy (non-hydrogen) atoms. The van der Waals surface area contributed by atoms with Gasteiger partial charge in [0.15, 0.2) is 15.7 Å². The topological polar surface area (TPSA) is 113 Å². The molecule has 1 unspecified atom stereocenters.